The largest absolute Gasteiger partial charge is 0.454 e. The fourth-order valence-electron chi connectivity index (χ4n) is 2.58. The van der Waals surface area contributed by atoms with E-state index in [1.807, 2.05) is 12.1 Å². The number of benzene rings is 1. The summed E-state index contributed by atoms with van der Waals surface area (Å²) in [7, 11) is -3.48. The monoisotopic (exact) mass is 364 g/mol. The van der Waals surface area contributed by atoms with Crippen molar-refractivity contribution in [1.29, 1.82) is 0 Å². The molecule has 1 aliphatic heterocycles. The second kappa shape index (κ2) is 7.87. The van der Waals surface area contributed by atoms with Crippen LogP contribution in [0, 0.1) is 0 Å². The average molecular weight is 364 g/mol. The van der Waals surface area contributed by atoms with Crippen LogP contribution < -0.4 is 14.8 Å². The van der Waals surface area contributed by atoms with Gasteiger partial charge >= 0.3 is 7.60 Å². The Morgan fingerprint density at radius 2 is 1.96 bits per heavy atom. The van der Waals surface area contributed by atoms with Gasteiger partial charge in [-0.3, -0.25) is 9.55 Å². The summed E-state index contributed by atoms with van der Waals surface area (Å²) in [6.45, 7) is 4.28. The average Bonchev–Trinajstić information content (AvgIpc) is 3.08. The molecule has 0 saturated carbocycles. The molecular weight excluding hydrogens is 343 g/mol. The summed E-state index contributed by atoms with van der Waals surface area (Å²) >= 11 is 0. The van der Waals surface area contributed by atoms with Gasteiger partial charge in [-0.05, 0) is 43.7 Å². The number of ether oxygens (including phenoxy) is 2. The highest BCUT2D eigenvalue weighted by Crippen LogP contribution is 2.61. The molecule has 0 saturated heterocycles. The van der Waals surface area contributed by atoms with Gasteiger partial charge in [0.15, 0.2) is 17.3 Å². The Hall–Kier alpha value is -2.08. The summed E-state index contributed by atoms with van der Waals surface area (Å²) in [6.07, 6.45) is 3.33. The van der Waals surface area contributed by atoms with Crippen molar-refractivity contribution in [2.75, 3.05) is 25.3 Å². The molecule has 1 atom stereocenters. The van der Waals surface area contributed by atoms with Gasteiger partial charge in [0.05, 0.1) is 18.9 Å². The molecule has 1 aromatic heterocycles. The molecular formula is C17H21N2O5P. The minimum Gasteiger partial charge on any atom is -0.454 e. The molecule has 1 N–H and O–H groups in total. The van der Waals surface area contributed by atoms with Crippen LogP contribution in [0.25, 0.3) is 0 Å². The number of fused-ring (bicyclic) bond motifs is 1. The summed E-state index contributed by atoms with van der Waals surface area (Å²) in [4.78, 5) is 4.08. The van der Waals surface area contributed by atoms with E-state index in [4.69, 9.17) is 18.5 Å². The van der Waals surface area contributed by atoms with Crippen molar-refractivity contribution < 1.29 is 23.1 Å². The predicted octanol–water partition coefficient (Wildman–Crippen LogP) is 4.19. The van der Waals surface area contributed by atoms with Crippen LogP contribution in [0.4, 0.5) is 5.69 Å². The van der Waals surface area contributed by atoms with Crippen LogP contribution in [-0.4, -0.2) is 25.0 Å². The first-order valence-electron chi connectivity index (χ1n) is 8.11. The number of aromatic nitrogens is 1. The van der Waals surface area contributed by atoms with Crippen molar-refractivity contribution in [1.82, 2.24) is 4.98 Å². The highest BCUT2D eigenvalue weighted by atomic mass is 31.2. The lowest BCUT2D eigenvalue weighted by atomic mass is 10.2. The van der Waals surface area contributed by atoms with Gasteiger partial charge in [-0.25, -0.2) is 0 Å². The van der Waals surface area contributed by atoms with Crippen molar-refractivity contribution in [3.8, 4) is 11.5 Å². The van der Waals surface area contributed by atoms with Gasteiger partial charge in [-0.1, -0.05) is 6.07 Å². The van der Waals surface area contributed by atoms with E-state index in [9.17, 15) is 4.57 Å². The summed E-state index contributed by atoms with van der Waals surface area (Å²) < 4.78 is 35.3. The topological polar surface area (TPSA) is 78.9 Å². The number of anilines is 1. The minimum atomic E-state index is -3.48. The van der Waals surface area contributed by atoms with Crippen LogP contribution in [0.2, 0.25) is 0 Å². The van der Waals surface area contributed by atoms with E-state index < -0.39 is 13.4 Å². The van der Waals surface area contributed by atoms with Crippen molar-refractivity contribution in [3.05, 3.63) is 48.3 Å². The molecule has 3 rings (SSSR count). The zero-order chi connectivity index (χ0) is 17.7. The number of hydrogen-bond acceptors (Lipinski definition) is 7. The van der Waals surface area contributed by atoms with E-state index in [1.165, 1.54) is 0 Å². The van der Waals surface area contributed by atoms with Crippen molar-refractivity contribution >= 4 is 13.3 Å². The van der Waals surface area contributed by atoms with Crippen molar-refractivity contribution in [3.63, 3.8) is 0 Å². The van der Waals surface area contributed by atoms with Crippen LogP contribution >= 0.6 is 7.60 Å². The lowest BCUT2D eigenvalue weighted by molar-refractivity contribution is 0.174. The molecule has 2 aromatic rings. The molecule has 0 amide bonds. The van der Waals surface area contributed by atoms with Crippen molar-refractivity contribution in [2.24, 2.45) is 0 Å². The second-order valence-electron chi connectivity index (χ2n) is 5.28. The van der Waals surface area contributed by atoms with Crippen LogP contribution in [0.5, 0.6) is 11.5 Å². The molecule has 8 heteroatoms. The van der Waals surface area contributed by atoms with Gasteiger partial charge in [0.2, 0.25) is 6.79 Å². The molecule has 0 aliphatic carbocycles. The van der Waals surface area contributed by atoms with E-state index in [0.29, 0.717) is 17.2 Å². The minimum absolute atomic E-state index is 0.175. The van der Waals surface area contributed by atoms with Crippen LogP contribution in [-0.2, 0) is 13.6 Å². The highest BCUT2D eigenvalue weighted by molar-refractivity contribution is 7.54. The summed E-state index contributed by atoms with van der Waals surface area (Å²) in [5, 5.41) is 3.22. The lowest BCUT2D eigenvalue weighted by Gasteiger charge is -2.28. The Labute approximate surface area is 146 Å². The third-order valence-electron chi connectivity index (χ3n) is 3.61. The van der Waals surface area contributed by atoms with Gasteiger partial charge < -0.3 is 23.8 Å². The molecule has 1 aliphatic rings. The molecule has 1 unspecified atom stereocenters. The number of pyridine rings is 1. The third-order valence-corrected chi connectivity index (χ3v) is 5.91. The fraction of sp³-hybridized carbons (Fsp3) is 0.353. The highest BCUT2D eigenvalue weighted by Gasteiger charge is 2.38. The Morgan fingerprint density at radius 1 is 1.20 bits per heavy atom. The van der Waals surface area contributed by atoms with Gasteiger partial charge in [-0.15, -0.1) is 0 Å². The predicted molar refractivity (Wildman–Crippen MR) is 94.0 cm³/mol. The van der Waals surface area contributed by atoms with Crippen molar-refractivity contribution in [2.45, 2.75) is 19.6 Å². The standard InChI is InChI=1S/C17H21N2O5P/c1-3-23-25(20,24-4-2)17(19-14-6-5-9-18-11-14)13-7-8-15-16(10-13)22-12-21-15/h5-11,17,19H,3-4,12H2,1-2H3. The van der Waals surface area contributed by atoms with Crippen LogP contribution in [0.15, 0.2) is 42.7 Å². The van der Waals surface area contributed by atoms with Gasteiger partial charge in [0.1, 0.15) is 0 Å². The maximum atomic E-state index is 13.4. The maximum Gasteiger partial charge on any atom is 0.357 e. The Kier molecular flexibility index (Phi) is 5.58. The smallest absolute Gasteiger partial charge is 0.357 e. The lowest BCUT2D eigenvalue weighted by Crippen LogP contribution is -2.15. The molecule has 1 aromatic carbocycles. The molecule has 25 heavy (non-hydrogen) atoms. The Morgan fingerprint density at radius 3 is 2.64 bits per heavy atom. The Bertz CT molecular complexity index is 746. The number of nitrogens with one attached hydrogen (secondary N) is 1. The first-order valence-corrected chi connectivity index (χ1v) is 9.72. The van der Waals surface area contributed by atoms with Crippen LogP contribution in [0.3, 0.4) is 0 Å². The van der Waals surface area contributed by atoms with Crippen LogP contribution in [0.1, 0.15) is 25.2 Å². The molecule has 134 valence electrons. The van der Waals surface area contributed by atoms with Gasteiger partial charge in [0, 0.05) is 12.4 Å². The number of rotatable bonds is 8. The summed E-state index contributed by atoms with van der Waals surface area (Å²) in [5.41, 5.74) is 1.43. The third kappa shape index (κ3) is 3.95. The van der Waals surface area contributed by atoms with Gasteiger partial charge in [-0.2, -0.15) is 0 Å². The molecule has 0 spiro atoms. The zero-order valence-corrected chi connectivity index (χ0v) is 15.1. The molecule has 7 nitrogen and oxygen atoms in total. The second-order valence-corrected chi connectivity index (χ2v) is 7.39. The van der Waals surface area contributed by atoms with E-state index in [-0.39, 0.29) is 20.0 Å². The first kappa shape index (κ1) is 17.7. The van der Waals surface area contributed by atoms with E-state index in [0.717, 1.165) is 5.56 Å². The van der Waals surface area contributed by atoms with E-state index in [1.54, 1.807) is 44.4 Å². The maximum absolute atomic E-state index is 13.4. The molecule has 0 radical (unpaired) electrons. The Balaban J connectivity index is 2.00. The summed E-state index contributed by atoms with van der Waals surface area (Å²) in [6, 6.07) is 9.05. The fourth-order valence-corrected chi connectivity index (χ4v) is 4.51. The number of nitrogens with zero attached hydrogens (tertiary/aromatic N) is 1. The molecule has 2 heterocycles. The SMILES string of the molecule is CCOP(=O)(OCC)C(Nc1cccnc1)c1ccc2c(c1)OCO2. The first-order chi connectivity index (χ1) is 12.2. The van der Waals surface area contributed by atoms with E-state index in [2.05, 4.69) is 10.3 Å². The quantitative estimate of drug-likeness (QED) is 0.704. The normalized spacial score (nSPS) is 14.3. The number of hydrogen-bond donors (Lipinski definition) is 1. The zero-order valence-electron chi connectivity index (χ0n) is 14.2. The summed E-state index contributed by atoms with van der Waals surface area (Å²) in [5.74, 6) is 0.563. The van der Waals surface area contributed by atoms with E-state index >= 15 is 0 Å². The molecule has 0 fully saturated rings. The molecule has 0 bridgehead atoms. The van der Waals surface area contributed by atoms with Gasteiger partial charge in [0.25, 0.3) is 0 Å².